The fourth-order valence-corrected chi connectivity index (χ4v) is 2.50. The molecule has 0 radical (unpaired) electrons. The largest absolute Gasteiger partial charge is 0.462 e. The van der Waals surface area contributed by atoms with Crippen molar-refractivity contribution in [1.82, 2.24) is 0 Å². The summed E-state index contributed by atoms with van der Waals surface area (Å²) in [6, 6.07) is 13.3. The molecule has 6 nitrogen and oxygen atoms in total. The summed E-state index contributed by atoms with van der Waals surface area (Å²) in [5.41, 5.74) is 2.05. The molecule has 0 aliphatic heterocycles. The van der Waals surface area contributed by atoms with Gasteiger partial charge in [-0.2, -0.15) is 0 Å². The Morgan fingerprint density at radius 3 is 2.37 bits per heavy atom. The Labute approximate surface area is 157 Å². The Hall–Kier alpha value is -3.15. The molecule has 2 aromatic rings. The molecule has 3 rings (SSSR count). The van der Waals surface area contributed by atoms with Crippen molar-refractivity contribution in [1.29, 1.82) is 0 Å². The van der Waals surface area contributed by atoms with Gasteiger partial charge in [0.25, 0.3) is 5.91 Å². The number of hydrogen-bond acceptors (Lipinski definition) is 4. The molecular weight excluding hydrogens is 344 g/mol. The van der Waals surface area contributed by atoms with E-state index < -0.39 is 0 Å². The van der Waals surface area contributed by atoms with E-state index in [0.29, 0.717) is 29.1 Å². The van der Waals surface area contributed by atoms with Crippen LogP contribution in [0.2, 0.25) is 0 Å². The van der Waals surface area contributed by atoms with Crippen molar-refractivity contribution in [3.05, 3.63) is 59.7 Å². The molecule has 140 valence electrons. The number of rotatable bonds is 7. The summed E-state index contributed by atoms with van der Waals surface area (Å²) >= 11 is 0. The van der Waals surface area contributed by atoms with Gasteiger partial charge >= 0.3 is 5.97 Å². The van der Waals surface area contributed by atoms with Gasteiger partial charge in [0.2, 0.25) is 5.91 Å². The number of amides is 2. The van der Waals surface area contributed by atoms with Gasteiger partial charge in [0.1, 0.15) is 0 Å². The predicted molar refractivity (Wildman–Crippen MR) is 103 cm³/mol. The maximum atomic E-state index is 12.4. The Bertz CT molecular complexity index is 842. The first-order chi connectivity index (χ1) is 13.1. The van der Waals surface area contributed by atoms with E-state index in [2.05, 4.69) is 10.6 Å². The molecule has 2 amide bonds. The first-order valence-electron chi connectivity index (χ1n) is 9.06. The molecule has 27 heavy (non-hydrogen) atoms. The second-order valence-electron chi connectivity index (χ2n) is 6.51. The minimum Gasteiger partial charge on any atom is -0.462 e. The van der Waals surface area contributed by atoms with Crippen LogP contribution in [0.3, 0.4) is 0 Å². The Morgan fingerprint density at radius 1 is 0.963 bits per heavy atom. The minimum atomic E-state index is -0.381. The molecule has 0 unspecified atom stereocenters. The molecule has 6 heteroatoms. The number of nitrogens with one attached hydrogen (secondary N) is 2. The van der Waals surface area contributed by atoms with E-state index in [0.717, 1.165) is 19.3 Å². The number of benzene rings is 2. The van der Waals surface area contributed by atoms with Crippen LogP contribution in [0.15, 0.2) is 48.5 Å². The van der Waals surface area contributed by atoms with E-state index in [-0.39, 0.29) is 23.7 Å². The summed E-state index contributed by atoms with van der Waals surface area (Å²) in [6.45, 7) is 2.31. The highest BCUT2D eigenvalue weighted by atomic mass is 16.5. The lowest BCUT2D eigenvalue weighted by Gasteiger charge is -2.09. The fourth-order valence-electron chi connectivity index (χ4n) is 2.50. The minimum absolute atomic E-state index is 0.00175. The monoisotopic (exact) mass is 366 g/mol. The van der Waals surface area contributed by atoms with Crippen LogP contribution in [-0.2, 0) is 9.53 Å². The lowest BCUT2D eigenvalue weighted by molar-refractivity contribution is -0.117. The third-order valence-corrected chi connectivity index (χ3v) is 4.16. The van der Waals surface area contributed by atoms with Crippen molar-refractivity contribution in [3.63, 3.8) is 0 Å². The van der Waals surface area contributed by atoms with Crippen LogP contribution in [0.4, 0.5) is 11.4 Å². The van der Waals surface area contributed by atoms with Crippen molar-refractivity contribution in [2.75, 3.05) is 17.2 Å². The zero-order chi connectivity index (χ0) is 19.2. The maximum absolute atomic E-state index is 12.4. The quantitative estimate of drug-likeness (QED) is 0.729. The SMILES string of the molecule is CCCOC(=O)c1ccc(NC(=O)c2cccc(NC(=O)C3CC3)c2)cc1. The summed E-state index contributed by atoms with van der Waals surface area (Å²) in [5, 5.41) is 5.61. The summed E-state index contributed by atoms with van der Waals surface area (Å²) < 4.78 is 5.07. The lowest BCUT2D eigenvalue weighted by atomic mass is 10.1. The molecule has 0 heterocycles. The number of ether oxygens (including phenoxy) is 1. The second-order valence-corrected chi connectivity index (χ2v) is 6.51. The predicted octanol–water partition coefficient (Wildman–Crippen LogP) is 3.85. The van der Waals surface area contributed by atoms with Gasteiger partial charge in [0.05, 0.1) is 12.2 Å². The van der Waals surface area contributed by atoms with E-state index in [1.54, 1.807) is 48.5 Å². The normalized spacial score (nSPS) is 12.9. The van der Waals surface area contributed by atoms with E-state index in [4.69, 9.17) is 4.74 Å². The molecule has 1 fully saturated rings. The summed E-state index contributed by atoms with van der Waals surface area (Å²) in [5.74, 6) is -0.573. The molecule has 0 saturated heterocycles. The highest BCUT2D eigenvalue weighted by Crippen LogP contribution is 2.30. The molecule has 0 atom stereocenters. The second kappa shape index (κ2) is 8.49. The Morgan fingerprint density at radius 2 is 1.70 bits per heavy atom. The summed E-state index contributed by atoms with van der Waals surface area (Å²) in [4.78, 5) is 36.1. The van der Waals surface area contributed by atoms with Crippen molar-refractivity contribution < 1.29 is 19.1 Å². The van der Waals surface area contributed by atoms with E-state index >= 15 is 0 Å². The van der Waals surface area contributed by atoms with Crippen LogP contribution >= 0.6 is 0 Å². The Kier molecular flexibility index (Phi) is 5.86. The van der Waals surface area contributed by atoms with Crippen LogP contribution in [0.1, 0.15) is 46.9 Å². The van der Waals surface area contributed by atoms with Gasteiger partial charge in [0, 0.05) is 22.9 Å². The average molecular weight is 366 g/mol. The highest BCUT2D eigenvalue weighted by molar-refractivity contribution is 6.05. The van der Waals surface area contributed by atoms with Crippen LogP contribution in [0.25, 0.3) is 0 Å². The van der Waals surface area contributed by atoms with Gasteiger partial charge in [-0.15, -0.1) is 0 Å². The van der Waals surface area contributed by atoms with Crippen molar-refractivity contribution in [2.24, 2.45) is 5.92 Å². The van der Waals surface area contributed by atoms with Gasteiger partial charge in [0.15, 0.2) is 0 Å². The summed E-state index contributed by atoms with van der Waals surface area (Å²) in [6.07, 6.45) is 2.61. The van der Waals surface area contributed by atoms with Gasteiger partial charge in [-0.3, -0.25) is 9.59 Å². The van der Waals surface area contributed by atoms with Crippen molar-refractivity contribution in [3.8, 4) is 0 Å². The third kappa shape index (κ3) is 5.17. The first kappa shape index (κ1) is 18.6. The van der Waals surface area contributed by atoms with Gasteiger partial charge in [-0.1, -0.05) is 13.0 Å². The maximum Gasteiger partial charge on any atom is 0.338 e. The molecule has 0 spiro atoms. The van der Waals surface area contributed by atoms with Gasteiger partial charge < -0.3 is 15.4 Å². The number of esters is 1. The third-order valence-electron chi connectivity index (χ3n) is 4.16. The molecule has 2 aromatic carbocycles. The topological polar surface area (TPSA) is 84.5 Å². The molecule has 1 aliphatic rings. The number of hydrogen-bond donors (Lipinski definition) is 2. The van der Waals surface area contributed by atoms with Crippen LogP contribution in [0.5, 0.6) is 0 Å². The molecular formula is C21H22N2O4. The van der Waals surface area contributed by atoms with E-state index in [1.165, 1.54) is 0 Å². The molecule has 1 aliphatic carbocycles. The lowest BCUT2D eigenvalue weighted by Crippen LogP contribution is -2.15. The van der Waals surface area contributed by atoms with Gasteiger partial charge in [-0.05, 0) is 61.7 Å². The van der Waals surface area contributed by atoms with Crippen molar-refractivity contribution >= 4 is 29.2 Å². The Balaban J connectivity index is 1.61. The zero-order valence-corrected chi connectivity index (χ0v) is 15.2. The van der Waals surface area contributed by atoms with E-state index in [1.807, 2.05) is 6.92 Å². The standard InChI is InChI=1S/C21H22N2O4/c1-2-12-27-21(26)15-8-10-17(11-9-15)22-20(25)16-4-3-5-18(13-16)23-19(24)14-6-7-14/h3-5,8-11,13-14H,2,6-7,12H2,1H3,(H,22,25)(H,23,24). The zero-order valence-electron chi connectivity index (χ0n) is 15.2. The van der Waals surface area contributed by atoms with Crippen LogP contribution in [0, 0.1) is 5.92 Å². The summed E-state index contributed by atoms with van der Waals surface area (Å²) in [7, 11) is 0. The number of carbonyl (C=O) groups excluding carboxylic acids is 3. The van der Waals surface area contributed by atoms with Gasteiger partial charge in [-0.25, -0.2) is 4.79 Å². The molecule has 1 saturated carbocycles. The first-order valence-corrected chi connectivity index (χ1v) is 9.06. The van der Waals surface area contributed by atoms with Crippen molar-refractivity contribution in [2.45, 2.75) is 26.2 Å². The van der Waals surface area contributed by atoms with Crippen LogP contribution < -0.4 is 10.6 Å². The number of carbonyl (C=O) groups is 3. The molecule has 0 bridgehead atoms. The highest BCUT2D eigenvalue weighted by Gasteiger charge is 2.29. The van der Waals surface area contributed by atoms with E-state index in [9.17, 15) is 14.4 Å². The average Bonchev–Trinajstić information content (AvgIpc) is 3.52. The molecule has 0 aromatic heterocycles. The smallest absolute Gasteiger partial charge is 0.338 e. The number of anilines is 2. The van der Waals surface area contributed by atoms with Crippen LogP contribution in [-0.4, -0.2) is 24.4 Å². The fraction of sp³-hybridized carbons (Fsp3) is 0.286. The molecule has 2 N–H and O–H groups in total.